The first-order valence-corrected chi connectivity index (χ1v) is 7.06. The molecule has 4 heteroatoms. The van der Waals surface area contributed by atoms with Gasteiger partial charge in [-0.2, -0.15) is 0 Å². The highest BCUT2D eigenvalue weighted by atomic mass is 79.9. The molecular formula is C15H15BrN2O. The molecule has 0 radical (unpaired) electrons. The molecule has 3 rings (SSSR count). The van der Waals surface area contributed by atoms with Crippen molar-refractivity contribution in [2.75, 3.05) is 17.7 Å². The second-order valence-electron chi connectivity index (χ2n) is 4.61. The first kappa shape index (κ1) is 12.4. The lowest BCUT2D eigenvalue weighted by atomic mass is 10.0. The van der Waals surface area contributed by atoms with Crippen LogP contribution in [0.2, 0.25) is 0 Å². The van der Waals surface area contributed by atoms with E-state index < -0.39 is 0 Å². The average molecular weight is 319 g/mol. The van der Waals surface area contributed by atoms with Gasteiger partial charge in [-0.1, -0.05) is 18.2 Å². The highest BCUT2D eigenvalue weighted by molar-refractivity contribution is 9.10. The molecule has 1 aliphatic rings. The Morgan fingerprint density at radius 2 is 2.05 bits per heavy atom. The molecule has 1 aliphatic heterocycles. The van der Waals surface area contributed by atoms with Crippen LogP contribution in [0.5, 0.6) is 5.75 Å². The Kier molecular flexibility index (Phi) is 3.34. The number of rotatable bonds is 2. The third kappa shape index (κ3) is 2.54. The summed E-state index contributed by atoms with van der Waals surface area (Å²) in [6.45, 7) is 0.737. The second-order valence-corrected chi connectivity index (χ2v) is 5.47. The minimum absolute atomic E-state index is 0.268. The van der Waals surface area contributed by atoms with Gasteiger partial charge >= 0.3 is 0 Å². The number of nitrogens with two attached hydrogens (primary N) is 1. The highest BCUT2D eigenvalue weighted by Gasteiger charge is 2.21. The quantitative estimate of drug-likeness (QED) is 0.824. The van der Waals surface area contributed by atoms with E-state index in [4.69, 9.17) is 10.5 Å². The Morgan fingerprint density at radius 1 is 1.21 bits per heavy atom. The Balaban J connectivity index is 1.88. The molecule has 19 heavy (non-hydrogen) atoms. The van der Waals surface area contributed by atoms with Gasteiger partial charge in [0.05, 0.1) is 12.6 Å². The van der Waals surface area contributed by atoms with Crippen LogP contribution in [0.3, 0.4) is 0 Å². The summed E-state index contributed by atoms with van der Waals surface area (Å²) >= 11 is 3.54. The lowest BCUT2D eigenvalue weighted by molar-refractivity contribution is 0.274. The maximum Gasteiger partial charge on any atom is 0.124 e. The zero-order chi connectivity index (χ0) is 13.2. The number of halogens is 1. The van der Waals surface area contributed by atoms with Crippen LogP contribution >= 0.6 is 15.9 Å². The molecule has 0 amide bonds. The number of benzene rings is 2. The van der Waals surface area contributed by atoms with Crippen molar-refractivity contribution in [3.8, 4) is 5.75 Å². The van der Waals surface area contributed by atoms with E-state index in [1.54, 1.807) is 0 Å². The summed E-state index contributed by atoms with van der Waals surface area (Å²) in [5, 5.41) is 3.55. The first-order chi connectivity index (χ1) is 9.24. The van der Waals surface area contributed by atoms with Gasteiger partial charge in [0.25, 0.3) is 0 Å². The van der Waals surface area contributed by atoms with Crippen molar-refractivity contribution < 1.29 is 4.74 Å². The van der Waals surface area contributed by atoms with Gasteiger partial charge in [0, 0.05) is 27.8 Å². The van der Waals surface area contributed by atoms with Crippen LogP contribution in [-0.4, -0.2) is 6.61 Å². The molecule has 0 saturated carbocycles. The predicted octanol–water partition coefficient (Wildman–Crippen LogP) is 3.97. The molecule has 2 aromatic rings. The Hall–Kier alpha value is -1.68. The first-order valence-electron chi connectivity index (χ1n) is 6.27. The van der Waals surface area contributed by atoms with E-state index in [-0.39, 0.29) is 6.04 Å². The number of anilines is 2. The van der Waals surface area contributed by atoms with Gasteiger partial charge in [0.2, 0.25) is 0 Å². The fraction of sp³-hybridized carbons (Fsp3) is 0.200. The van der Waals surface area contributed by atoms with Crippen LogP contribution in [-0.2, 0) is 0 Å². The van der Waals surface area contributed by atoms with Crippen molar-refractivity contribution in [1.29, 1.82) is 0 Å². The molecule has 2 aromatic carbocycles. The van der Waals surface area contributed by atoms with Crippen molar-refractivity contribution in [1.82, 2.24) is 0 Å². The molecule has 98 valence electrons. The van der Waals surface area contributed by atoms with E-state index in [1.165, 1.54) is 5.56 Å². The molecule has 0 saturated heterocycles. The van der Waals surface area contributed by atoms with Gasteiger partial charge in [0.15, 0.2) is 0 Å². The largest absolute Gasteiger partial charge is 0.493 e. The summed E-state index contributed by atoms with van der Waals surface area (Å²) in [6.07, 6.45) is 0.952. The number of hydrogen-bond acceptors (Lipinski definition) is 3. The van der Waals surface area contributed by atoms with Crippen molar-refractivity contribution in [2.24, 2.45) is 0 Å². The van der Waals surface area contributed by atoms with Crippen LogP contribution in [0, 0.1) is 0 Å². The van der Waals surface area contributed by atoms with Crippen LogP contribution in [0.15, 0.2) is 46.9 Å². The monoisotopic (exact) mass is 318 g/mol. The summed E-state index contributed by atoms with van der Waals surface area (Å²) in [7, 11) is 0. The molecule has 1 unspecified atom stereocenters. The molecular weight excluding hydrogens is 304 g/mol. The molecule has 0 aromatic heterocycles. The predicted molar refractivity (Wildman–Crippen MR) is 81.5 cm³/mol. The average Bonchev–Trinajstić information content (AvgIpc) is 2.42. The summed E-state index contributed by atoms with van der Waals surface area (Å²) in [5.74, 6) is 0.970. The van der Waals surface area contributed by atoms with Crippen molar-refractivity contribution >= 4 is 27.3 Å². The number of nitrogen functional groups attached to an aromatic ring is 1. The molecule has 0 spiro atoms. The highest BCUT2D eigenvalue weighted by Crippen LogP contribution is 2.36. The third-order valence-corrected chi connectivity index (χ3v) is 3.94. The normalized spacial score (nSPS) is 17.4. The Bertz CT molecular complexity index is 600. The third-order valence-electron chi connectivity index (χ3n) is 3.28. The summed E-state index contributed by atoms with van der Waals surface area (Å²) in [6, 6.07) is 14.2. The van der Waals surface area contributed by atoms with E-state index >= 15 is 0 Å². The SMILES string of the molecule is Nc1ccc(NC2CCOc3ccccc32)c(Br)c1. The molecule has 3 N–H and O–H groups in total. The smallest absolute Gasteiger partial charge is 0.124 e. The van der Waals surface area contributed by atoms with E-state index in [1.807, 2.05) is 36.4 Å². The minimum atomic E-state index is 0.268. The van der Waals surface area contributed by atoms with Gasteiger partial charge in [-0.15, -0.1) is 0 Å². The van der Waals surface area contributed by atoms with Gasteiger partial charge in [0.1, 0.15) is 5.75 Å². The van der Waals surface area contributed by atoms with Gasteiger partial charge < -0.3 is 15.8 Å². The number of hydrogen-bond donors (Lipinski definition) is 2. The van der Waals surface area contributed by atoms with Crippen LogP contribution in [0.25, 0.3) is 0 Å². The number of para-hydroxylation sites is 1. The van der Waals surface area contributed by atoms with Crippen LogP contribution in [0.4, 0.5) is 11.4 Å². The number of fused-ring (bicyclic) bond motifs is 1. The van der Waals surface area contributed by atoms with Crippen LogP contribution in [0.1, 0.15) is 18.0 Å². The molecule has 3 nitrogen and oxygen atoms in total. The number of nitrogens with one attached hydrogen (secondary N) is 1. The molecule has 0 bridgehead atoms. The molecule has 1 heterocycles. The lowest BCUT2D eigenvalue weighted by Crippen LogP contribution is -2.20. The molecule has 0 fully saturated rings. The van der Waals surface area contributed by atoms with Gasteiger partial charge in [-0.05, 0) is 40.2 Å². The zero-order valence-electron chi connectivity index (χ0n) is 10.4. The summed E-state index contributed by atoms with van der Waals surface area (Å²) in [5.41, 5.74) is 8.77. The van der Waals surface area contributed by atoms with E-state index in [2.05, 4.69) is 27.3 Å². The van der Waals surface area contributed by atoms with Crippen molar-refractivity contribution in [2.45, 2.75) is 12.5 Å². The minimum Gasteiger partial charge on any atom is -0.493 e. The van der Waals surface area contributed by atoms with E-state index in [0.29, 0.717) is 0 Å². The Labute approximate surface area is 120 Å². The molecule has 0 aliphatic carbocycles. The van der Waals surface area contributed by atoms with Gasteiger partial charge in [-0.25, -0.2) is 0 Å². The van der Waals surface area contributed by atoms with E-state index in [0.717, 1.165) is 34.6 Å². The lowest BCUT2D eigenvalue weighted by Gasteiger charge is -2.27. The fourth-order valence-corrected chi connectivity index (χ4v) is 2.84. The van der Waals surface area contributed by atoms with E-state index in [9.17, 15) is 0 Å². The Morgan fingerprint density at radius 3 is 2.89 bits per heavy atom. The number of ether oxygens (including phenoxy) is 1. The standard InChI is InChI=1S/C15H15BrN2O/c16-12-9-10(17)5-6-14(12)18-13-7-8-19-15-4-2-1-3-11(13)15/h1-6,9,13,18H,7-8,17H2. The van der Waals surface area contributed by atoms with Crippen molar-refractivity contribution in [3.63, 3.8) is 0 Å². The second kappa shape index (κ2) is 5.13. The maximum absolute atomic E-state index is 5.76. The van der Waals surface area contributed by atoms with Crippen molar-refractivity contribution in [3.05, 3.63) is 52.5 Å². The zero-order valence-corrected chi connectivity index (χ0v) is 12.0. The molecule has 1 atom stereocenters. The maximum atomic E-state index is 5.76. The summed E-state index contributed by atoms with van der Waals surface area (Å²) in [4.78, 5) is 0. The topological polar surface area (TPSA) is 47.3 Å². The van der Waals surface area contributed by atoms with Gasteiger partial charge in [-0.3, -0.25) is 0 Å². The van der Waals surface area contributed by atoms with Crippen LogP contribution < -0.4 is 15.8 Å². The fourth-order valence-electron chi connectivity index (χ4n) is 2.33. The summed E-state index contributed by atoms with van der Waals surface area (Å²) < 4.78 is 6.65.